The summed E-state index contributed by atoms with van der Waals surface area (Å²) < 4.78 is 46.4. The normalized spacial score (nSPS) is 14.9. The number of aryl methyl sites for hydroxylation is 1. The van der Waals surface area contributed by atoms with Gasteiger partial charge in [0.15, 0.2) is 0 Å². The second-order valence-electron chi connectivity index (χ2n) is 12.8. The third-order valence-corrected chi connectivity index (χ3v) is 8.40. The average Bonchev–Trinajstić information content (AvgIpc) is 3.57. The van der Waals surface area contributed by atoms with Gasteiger partial charge in [0, 0.05) is 29.8 Å². The van der Waals surface area contributed by atoms with Gasteiger partial charge >= 0.3 is 12.2 Å². The Labute approximate surface area is 288 Å². The van der Waals surface area contributed by atoms with Crippen LogP contribution in [0.1, 0.15) is 49.1 Å². The molecule has 5 N–H and O–H groups in total. The highest BCUT2D eigenvalue weighted by atomic mass is 19.4. The Morgan fingerprint density at radius 3 is 2.46 bits per heavy atom. The molecule has 13 heteroatoms. The van der Waals surface area contributed by atoms with Crippen molar-refractivity contribution in [2.75, 3.05) is 23.4 Å². The van der Waals surface area contributed by atoms with E-state index in [2.05, 4.69) is 21.3 Å². The molecule has 5 rings (SSSR count). The second kappa shape index (κ2) is 15.6. The number of rotatable bonds is 12. The van der Waals surface area contributed by atoms with E-state index in [9.17, 15) is 27.6 Å². The van der Waals surface area contributed by atoms with E-state index in [1.54, 1.807) is 36.6 Å². The second-order valence-corrected chi connectivity index (χ2v) is 12.8. The van der Waals surface area contributed by atoms with Gasteiger partial charge in [-0.05, 0) is 79.8 Å². The van der Waals surface area contributed by atoms with Crippen LogP contribution in [0.25, 0.3) is 11.1 Å². The molecule has 0 fully saturated rings. The smallest absolute Gasteiger partial charge is 0.416 e. The first-order valence-corrected chi connectivity index (χ1v) is 16.3. The number of halogens is 3. The highest BCUT2D eigenvalue weighted by molar-refractivity contribution is 6.00. The summed E-state index contributed by atoms with van der Waals surface area (Å²) in [5.41, 5.74) is 2.02. The van der Waals surface area contributed by atoms with Gasteiger partial charge in [-0.2, -0.15) is 13.2 Å². The highest BCUT2D eigenvalue weighted by Crippen LogP contribution is 2.36. The van der Waals surface area contributed by atoms with Crippen molar-refractivity contribution in [3.63, 3.8) is 0 Å². The number of nitrogens with zero attached hydrogens (tertiary/aromatic N) is 1. The van der Waals surface area contributed by atoms with Crippen molar-refractivity contribution in [1.82, 2.24) is 16.0 Å². The molecule has 0 spiro atoms. The summed E-state index contributed by atoms with van der Waals surface area (Å²) in [5, 5.41) is 20.4. The van der Waals surface area contributed by atoms with Gasteiger partial charge in [-0.15, -0.1) is 0 Å². The average molecular weight is 692 g/mol. The summed E-state index contributed by atoms with van der Waals surface area (Å²) in [6.07, 6.45) is -2.67. The van der Waals surface area contributed by atoms with Crippen molar-refractivity contribution in [1.29, 1.82) is 0 Å². The van der Waals surface area contributed by atoms with Crippen LogP contribution in [0.5, 0.6) is 0 Å². The van der Waals surface area contributed by atoms with Crippen LogP contribution >= 0.6 is 0 Å². The van der Waals surface area contributed by atoms with Gasteiger partial charge in [-0.25, -0.2) is 4.79 Å². The van der Waals surface area contributed by atoms with Crippen LogP contribution in [-0.4, -0.2) is 47.7 Å². The number of para-hydroxylation sites is 1. The maximum absolute atomic E-state index is 14.1. The predicted octanol–water partition coefficient (Wildman–Crippen LogP) is 6.00. The van der Waals surface area contributed by atoms with Gasteiger partial charge in [-0.3, -0.25) is 9.59 Å². The zero-order valence-corrected chi connectivity index (χ0v) is 27.8. The molecule has 1 atom stereocenters. The van der Waals surface area contributed by atoms with Crippen LogP contribution in [0.2, 0.25) is 0 Å². The van der Waals surface area contributed by atoms with E-state index in [0.717, 1.165) is 23.3 Å². The SMILES string of the molecule is CC(C)(CC(=O)N[C@@H]1CCc2cc(C(F)(F)F)ccc2N(Cc2ccc(-c3ccccc3NC(=O)NCCO)cc2)C1=O)NCc1ccco1. The van der Waals surface area contributed by atoms with Crippen molar-refractivity contribution in [3.8, 4) is 11.1 Å². The summed E-state index contributed by atoms with van der Waals surface area (Å²) in [6.45, 7) is 4.07. The molecule has 0 bridgehead atoms. The fourth-order valence-corrected chi connectivity index (χ4v) is 5.85. The van der Waals surface area contributed by atoms with Gasteiger partial charge in [-0.1, -0.05) is 42.5 Å². The third-order valence-electron chi connectivity index (χ3n) is 8.40. The van der Waals surface area contributed by atoms with Crippen molar-refractivity contribution >= 4 is 29.2 Å². The number of urea groups is 1. The lowest BCUT2D eigenvalue weighted by atomic mass is 9.99. The number of aliphatic hydroxyl groups excluding tert-OH is 1. The molecular weight excluding hydrogens is 651 g/mol. The van der Waals surface area contributed by atoms with E-state index in [4.69, 9.17) is 9.52 Å². The van der Waals surface area contributed by atoms with Crippen LogP contribution in [0.3, 0.4) is 0 Å². The van der Waals surface area contributed by atoms with Crippen LogP contribution in [0.4, 0.5) is 29.3 Å². The fourth-order valence-electron chi connectivity index (χ4n) is 5.85. The Morgan fingerprint density at radius 1 is 1.00 bits per heavy atom. The molecule has 0 aliphatic carbocycles. The minimum absolute atomic E-state index is 0.0451. The van der Waals surface area contributed by atoms with Gasteiger partial charge in [0.05, 0.1) is 37.2 Å². The number of hydrogen-bond donors (Lipinski definition) is 5. The van der Waals surface area contributed by atoms with Crippen LogP contribution in [0.15, 0.2) is 89.5 Å². The zero-order valence-electron chi connectivity index (χ0n) is 27.8. The standard InChI is InChI=1S/C37H40F3N5O5/c1-36(2,42-22-28-6-5-19-50-28)21-33(47)43-31-15-13-26-20-27(37(38,39)40)14-16-32(26)45(34(31)48)23-24-9-11-25(12-10-24)29-7-3-4-8-30(29)44-35(49)41-17-18-46/h3-12,14,16,19-20,31,42,46H,13,15,17-18,21-23H2,1-2H3,(H,43,47)(H2,41,44,49)/t31-/m1/s1. The molecule has 1 aliphatic rings. The molecule has 0 saturated heterocycles. The molecule has 10 nitrogen and oxygen atoms in total. The van der Waals surface area contributed by atoms with Crippen molar-refractivity contribution in [2.24, 2.45) is 0 Å². The van der Waals surface area contributed by atoms with Crippen molar-refractivity contribution < 1.29 is 37.1 Å². The minimum atomic E-state index is -4.56. The molecular formula is C37H40F3N5O5. The van der Waals surface area contributed by atoms with Gasteiger partial charge in [0.1, 0.15) is 11.8 Å². The number of carbonyl (C=O) groups is 3. The molecule has 2 heterocycles. The molecule has 4 amide bonds. The number of anilines is 2. The summed E-state index contributed by atoms with van der Waals surface area (Å²) >= 11 is 0. The van der Waals surface area contributed by atoms with Gasteiger partial charge < -0.3 is 35.7 Å². The summed E-state index contributed by atoms with van der Waals surface area (Å²) in [4.78, 5) is 41.0. The van der Waals surface area contributed by atoms with Crippen molar-refractivity contribution in [3.05, 3.63) is 108 Å². The highest BCUT2D eigenvalue weighted by Gasteiger charge is 2.36. The molecule has 1 aliphatic heterocycles. The number of carbonyl (C=O) groups excluding carboxylic acids is 3. The topological polar surface area (TPSA) is 136 Å². The molecule has 4 aromatic rings. The largest absolute Gasteiger partial charge is 0.468 e. The van der Waals surface area contributed by atoms with Gasteiger partial charge in [0.25, 0.3) is 0 Å². The maximum atomic E-state index is 14.1. The molecule has 264 valence electrons. The summed E-state index contributed by atoms with van der Waals surface area (Å²) in [6, 6.07) is 20.0. The van der Waals surface area contributed by atoms with E-state index in [0.29, 0.717) is 34.8 Å². The van der Waals surface area contributed by atoms with E-state index >= 15 is 0 Å². The zero-order chi connectivity index (χ0) is 35.9. The Kier molecular flexibility index (Phi) is 11.3. The number of nitrogens with one attached hydrogen (secondary N) is 4. The van der Waals surface area contributed by atoms with Crippen LogP contribution in [-0.2, 0) is 35.3 Å². The first-order chi connectivity index (χ1) is 23.8. The predicted molar refractivity (Wildman–Crippen MR) is 183 cm³/mol. The number of fused-ring (bicyclic) bond motifs is 1. The van der Waals surface area contributed by atoms with E-state index in [1.165, 1.54) is 11.0 Å². The Balaban J connectivity index is 1.36. The Bertz CT molecular complexity index is 1790. The van der Waals surface area contributed by atoms with Gasteiger partial charge in [0.2, 0.25) is 11.8 Å². The quantitative estimate of drug-likeness (QED) is 0.124. The van der Waals surface area contributed by atoms with E-state index in [-0.39, 0.29) is 44.9 Å². The lowest BCUT2D eigenvalue weighted by Crippen LogP contribution is -2.50. The molecule has 0 unspecified atom stereocenters. The maximum Gasteiger partial charge on any atom is 0.416 e. The number of alkyl halides is 3. The number of aliphatic hydroxyl groups is 1. The first-order valence-electron chi connectivity index (χ1n) is 16.3. The fraction of sp³-hybridized carbons (Fsp3) is 0.324. The van der Waals surface area contributed by atoms with E-state index < -0.39 is 35.3 Å². The Hall–Kier alpha value is -5.14. The monoisotopic (exact) mass is 691 g/mol. The third kappa shape index (κ3) is 9.30. The number of amides is 4. The molecule has 0 radical (unpaired) electrons. The number of furan rings is 1. The number of benzene rings is 3. The van der Waals surface area contributed by atoms with Crippen LogP contribution in [0, 0.1) is 0 Å². The summed E-state index contributed by atoms with van der Waals surface area (Å²) in [7, 11) is 0. The number of hydrogen-bond acceptors (Lipinski definition) is 6. The molecule has 0 saturated carbocycles. The van der Waals surface area contributed by atoms with Crippen molar-refractivity contribution in [2.45, 2.75) is 64.0 Å². The first kappa shape index (κ1) is 36.1. The molecule has 50 heavy (non-hydrogen) atoms. The molecule has 1 aromatic heterocycles. The molecule has 3 aromatic carbocycles. The van der Waals surface area contributed by atoms with Crippen LogP contribution < -0.4 is 26.2 Å². The van der Waals surface area contributed by atoms with E-state index in [1.807, 2.05) is 44.2 Å². The lowest BCUT2D eigenvalue weighted by Gasteiger charge is -2.29. The lowest BCUT2D eigenvalue weighted by molar-refractivity contribution is -0.137. The Morgan fingerprint density at radius 2 is 1.76 bits per heavy atom. The summed E-state index contributed by atoms with van der Waals surface area (Å²) in [5.74, 6) is -0.0887. The minimum Gasteiger partial charge on any atom is -0.468 e.